The zero-order chi connectivity index (χ0) is 12.8. The quantitative estimate of drug-likeness (QED) is 0.849. The van der Waals surface area contributed by atoms with Gasteiger partial charge in [-0.15, -0.1) is 0 Å². The molecule has 1 N–H and O–H groups in total. The van der Waals surface area contributed by atoms with Gasteiger partial charge >= 0.3 is 5.97 Å². The molecule has 0 aliphatic rings. The van der Waals surface area contributed by atoms with Crippen molar-refractivity contribution < 1.29 is 14.6 Å². The summed E-state index contributed by atoms with van der Waals surface area (Å²) in [4.78, 5) is 11.1. The second-order valence-electron chi connectivity index (χ2n) is 3.98. The van der Waals surface area contributed by atoms with Crippen LogP contribution in [0.15, 0.2) is 18.2 Å². The zero-order valence-corrected chi connectivity index (χ0v) is 10.8. The summed E-state index contributed by atoms with van der Waals surface area (Å²) >= 11 is 5.91. The maximum absolute atomic E-state index is 11.1. The van der Waals surface area contributed by atoms with E-state index < -0.39 is 5.97 Å². The monoisotopic (exact) mass is 256 g/mol. The molecule has 0 aliphatic heterocycles. The van der Waals surface area contributed by atoms with Crippen LogP contribution in [0.4, 0.5) is 0 Å². The molecule has 0 bridgehead atoms. The van der Waals surface area contributed by atoms with Gasteiger partial charge < -0.3 is 9.84 Å². The third-order valence-electron chi connectivity index (χ3n) is 2.70. The lowest BCUT2D eigenvalue weighted by atomic mass is 9.94. The number of rotatable bonds is 6. The first-order valence-corrected chi connectivity index (χ1v) is 6.01. The van der Waals surface area contributed by atoms with E-state index in [1.807, 2.05) is 6.92 Å². The van der Waals surface area contributed by atoms with Crippen LogP contribution in [0.25, 0.3) is 0 Å². The fraction of sp³-hybridized carbons (Fsp3) is 0.462. The van der Waals surface area contributed by atoms with Gasteiger partial charge in [0, 0.05) is 5.02 Å². The van der Waals surface area contributed by atoms with Crippen molar-refractivity contribution >= 4 is 17.6 Å². The van der Waals surface area contributed by atoms with Crippen LogP contribution in [0.2, 0.25) is 5.02 Å². The number of hydrogen-bond acceptors (Lipinski definition) is 2. The molecule has 0 spiro atoms. The largest absolute Gasteiger partial charge is 0.496 e. The van der Waals surface area contributed by atoms with Crippen LogP contribution in [-0.2, 0) is 11.2 Å². The maximum Gasteiger partial charge on any atom is 0.306 e. The molecule has 0 aromatic heterocycles. The molecule has 0 heterocycles. The SMILES string of the molecule is CCCC(Cc1cc(Cl)ccc1OC)C(=O)O. The van der Waals surface area contributed by atoms with Gasteiger partial charge in [-0.05, 0) is 36.6 Å². The van der Waals surface area contributed by atoms with Gasteiger partial charge in [0.2, 0.25) is 0 Å². The maximum atomic E-state index is 11.1. The van der Waals surface area contributed by atoms with Gasteiger partial charge in [0.15, 0.2) is 0 Å². The minimum absolute atomic E-state index is 0.382. The third kappa shape index (κ3) is 3.93. The van der Waals surface area contributed by atoms with E-state index in [-0.39, 0.29) is 5.92 Å². The van der Waals surface area contributed by atoms with Crippen LogP contribution >= 0.6 is 11.6 Å². The lowest BCUT2D eigenvalue weighted by Gasteiger charge is -2.14. The third-order valence-corrected chi connectivity index (χ3v) is 2.93. The van der Waals surface area contributed by atoms with E-state index in [0.29, 0.717) is 23.6 Å². The molecule has 1 unspecified atom stereocenters. The molecule has 0 saturated heterocycles. The summed E-state index contributed by atoms with van der Waals surface area (Å²) in [5.41, 5.74) is 0.848. The number of carboxylic acids is 1. The Morgan fingerprint density at radius 1 is 1.53 bits per heavy atom. The lowest BCUT2D eigenvalue weighted by molar-refractivity contribution is -0.141. The van der Waals surface area contributed by atoms with Crippen molar-refractivity contribution in [3.05, 3.63) is 28.8 Å². The molecule has 17 heavy (non-hydrogen) atoms. The topological polar surface area (TPSA) is 46.5 Å². The predicted molar refractivity (Wildman–Crippen MR) is 67.7 cm³/mol. The van der Waals surface area contributed by atoms with Crippen LogP contribution in [0.1, 0.15) is 25.3 Å². The first-order chi connectivity index (χ1) is 8.08. The number of carbonyl (C=O) groups is 1. The Balaban J connectivity index is 2.91. The number of benzene rings is 1. The van der Waals surface area contributed by atoms with Gasteiger partial charge in [0.25, 0.3) is 0 Å². The Morgan fingerprint density at radius 2 is 2.24 bits per heavy atom. The van der Waals surface area contributed by atoms with Crippen molar-refractivity contribution in [2.75, 3.05) is 7.11 Å². The zero-order valence-electron chi connectivity index (χ0n) is 10.1. The van der Waals surface area contributed by atoms with Crippen LogP contribution in [0, 0.1) is 5.92 Å². The highest BCUT2D eigenvalue weighted by molar-refractivity contribution is 6.30. The summed E-state index contributed by atoms with van der Waals surface area (Å²) in [6, 6.07) is 5.27. The van der Waals surface area contributed by atoms with E-state index in [2.05, 4.69) is 0 Å². The summed E-state index contributed by atoms with van der Waals surface area (Å²) in [5.74, 6) is -0.460. The summed E-state index contributed by atoms with van der Waals surface area (Å²) in [6.07, 6.45) is 1.96. The number of methoxy groups -OCH3 is 1. The minimum Gasteiger partial charge on any atom is -0.496 e. The fourth-order valence-electron chi connectivity index (χ4n) is 1.83. The predicted octanol–water partition coefficient (Wildman–Crippen LogP) is 3.39. The average Bonchev–Trinajstić information content (AvgIpc) is 2.28. The Bertz CT molecular complexity index is 390. The first kappa shape index (κ1) is 13.8. The first-order valence-electron chi connectivity index (χ1n) is 5.63. The number of ether oxygens (including phenoxy) is 1. The average molecular weight is 257 g/mol. The second-order valence-corrected chi connectivity index (χ2v) is 4.42. The Kier molecular flexibility index (Phi) is 5.29. The van der Waals surface area contributed by atoms with Crippen molar-refractivity contribution in [1.29, 1.82) is 0 Å². The van der Waals surface area contributed by atoms with Gasteiger partial charge in [0.05, 0.1) is 13.0 Å². The van der Waals surface area contributed by atoms with Gasteiger partial charge in [0.1, 0.15) is 5.75 Å². The van der Waals surface area contributed by atoms with Gasteiger partial charge in [-0.1, -0.05) is 24.9 Å². The molecule has 0 saturated carbocycles. The normalized spacial score (nSPS) is 12.2. The van der Waals surface area contributed by atoms with Crippen LogP contribution < -0.4 is 4.74 Å². The van der Waals surface area contributed by atoms with E-state index in [1.165, 1.54) is 0 Å². The number of hydrogen-bond donors (Lipinski definition) is 1. The second kappa shape index (κ2) is 6.50. The molecule has 0 amide bonds. The number of carboxylic acid groups (broad SMARTS) is 1. The van der Waals surface area contributed by atoms with Crippen molar-refractivity contribution in [1.82, 2.24) is 0 Å². The van der Waals surface area contributed by atoms with Crippen LogP contribution in [0.3, 0.4) is 0 Å². The highest BCUT2D eigenvalue weighted by Gasteiger charge is 2.19. The van der Waals surface area contributed by atoms with Gasteiger partial charge in [-0.2, -0.15) is 0 Å². The smallest absolute Gasteiger partial charge is 0.306 e. The molecular weight excluding hydrogens is 240 g/mol. The molecule has 0 aliphatic carbocycles. The number of aliphatic carboxylic acids is 1. The van der Waals surface area contributed by atoms with Crippen LogP contribution in [0.5, 0.6) is 5.75 Å². The lowest BCUT2D eigenvalue weighted by Crippen LogP contribution is -2.16. The van der Waals surface area contributed by atoms with E-state index >= 15 is 0 Å². The van der Waals surface area contributed by atoms with E-state index in [0.717, 1.165) is 12.0 Å². The Labute approximate surface area is 106 Å². The molecule has 0 fully saturated rings. The molecule has 1 aromatic rings. The Hall–Kier alpha value is -1.22. The molecule has 1 aromatic carbocycles. The highest BCUT2D eigenvalue weighted by Crippen LogP contribution is 2.26. The van der Waals surface area contributed by atoms with Crippen molar-refractivity contribution in [2.24, 2.45) is 5.92 Å². The minimum atomic E-state index is -0.770. The molecule has 1 atom stereocenters. The van der Waals surface area contributed by atoms with Crippen LogP contribution in [-0.4, -0.2) is 18.2 Å². The van der Waals surface area contributed by atoms with Gasteiger partial charge in [-0.25, -0.2) is 0 Å². The fourth-order valence-corrected chi connectivity index (χ4v) is 2.03. The van der Waals surface area contributed by atoms with Crippen molar-refractivity contribution in [2.45, 2.75) is 26.2 Å². The summed E-state index contributed by atoms with van der Waals surface area (Å²) in [7, 11) is 1.57. The van der Waals surface area contributed by atoms with E-state index in [1.54, 1.807) is 25.3 Å². The summed E-state index contributed by atoms with van der Waals surface area (Å²) in [5, 5.41) is 9.72. The summed E-state index contributed by atoms with van der Waals surface area (Å²) in [6.45, 7) is 1.98. The highest BCUT2D eigenvalue weighted by atomic mass is 35.5. The molecule has 0 radical (unpaired) electrons. The van der Waals surface area contributed by atoms with E-state index in [4.69, 9.17) is 21.4 Å². The molecular formula is C13H17ClO3. The van der Waals surface area contributed by atoms with E-state index in [9.17, 15) is 4.79 Å². The van der Waals surface area contributed by atoms with Gasteiger partial charge in [-0.3, -0.25) is 4.79 Å². The standard InChI is InChI=1S/C13H17ClO3/c1-3-4-9(13(15)16)7-10-8-11(14)5-6-12(10)17-2/h5-6,8-9H,3-4,7H2,1-2H3,(H,15,16). The van der Waals surface area contributed by atoms with Crippen molar-refractivity contribution in [3.63, 3.8) is 0 Å². The summed E-state index contributed by atoms with van der Waals surface area (Å²) < 4.78 is 5.21. The molecule has 4 heteroatoms. The molecule has 3 nitrogen and oxygen atoms in total. The Morgan fingerprint density at radius 3 is 2.76 bits per heavy atom. The number of halogens is 1. The molecule has 94 valence electrons. The molecule has 1 rings (SSSR count). The van der Waals surface area contributed by atoms with Crippen molar-refractivity contribution in [3.8, 4) is 5.75 Å².